The van der Waals surface area contributed by atoms with E-state index in [1.807, 2.05) is 16.0 Å². The Bertz CT molecular complexity index is 969. The molecule has 0 N–H and O–H groups in total. The summed E-state index contributed by atoms with van der Waals surface area (Å²) in [6.45, 7) is 2.45. The second-order valence-corrected chi connectivity index (χ2v) is 8.16. The summed E-state index contributed by atoms with van der Waals surface area (Å²) in [5.74, 6) is 0.279. The maximum Gasteiger partial charge on any atom is 0.433 e. The molecule has 5 nitrogen and oxygen atoms in total. The lowest BCUT2D eigenvalue weighted by atomic mass is 9.95. The van der Waals surface area contributed by atoms with Gasteiger partial charge in [0, 0.05) is 62.3 Å². The van der Waals surface area contributed by atoms with Crippen LogP contribution in [0.2, 0.25) is 0 Å². The standard InChI is InChI=1S/C21H21F3N4O/c22-21(23,24)19-7-15(4-5-25-19)27-9-13(10-27)6-20(29)28-11-14-8-26-18-3-1-2-16(18)17(14)12-28/h4-5,7-8,13H,1-3,6,9-12H2. The van der Waals surface area contributed by atoms with Crippen molar-refractivity contribution >= 4 is 11.6 Å². The van der Waals surface area contributed by atoms with Gasteiger partial charge in [-0.1, -0.05) is 0 Å². The van der Waals surface area contributed by atoms with Crippen LogP contribution >= 0.6 is 0 Å². The second kappa shape index (κ2) is 6.71. The predicted molar refractivity (Wildman–Crippen MR) is 100 cm³/mol. The maximum atomic E-state index is 12.8. The number of halogens is 3. The number of nitrogens with zero attached hydrogens (tertiary/aromatic N) is 4. The topological polar surface area (TPSA) is 49.3 Å². The van der Waals surface area contributed by atoms with Crippen LogP contribution in [0.25, 0.3) is 0 Å². The zero-order chi connectivity index (χ0) is 20.2. The number of fused-ring (bicyclic) bond motifs is 3. The molecule has 0 saturated carbocycles. The van der Waals surface area contributed by atoms with Gasteiger partial charge in [0.05, 0.1) is 0 Å². The minimum Gasteiger partial charge on any atom is -0.371 e. The van der Waals surface area contributed by atoms with Crippen LogP contribution in [0.5, 0.6) is 0 Å². The first-order chi connectivity index (χ1) is 13.9. The Morgan fingerprint density at radius 1 is 1.14 bits per heavy atom. The summed E-state index contributed by atoms with van der Waals surface area (Å²) >= 11 is 0. The van der Waals surface area contributed by atoms with E-state index in [-0.39, 0.29) is 11.8 Å². The number of hydrogen-bond acceptors (Lipinski definition) is 4. The van der Waals surface area contributed by atoms with Gasteiger partial charge >= 0.3 is 6.18 Å². The summed E-state index contributed by atoms with van der Waals surface area (Å²) in [5.41, 5.74) is 4.59. The summed E-state index contributed by atoms with van der Waals surface area (Å²) in [4.78, 5) is 24.5. The molecule has 29 heavy (non-hydrogen) atoms. The Hall–Kier alpha value is -2.64. The monoisotopic (exact) mass is 402 g/mol. The van der Waals surface area contributed by atoms with Crippen molar-refractivity contribution in [1.29, 1.82) is 0 Å². The molecule has 4 heterocycles. The summed E-state index contributed by atoms with van der Waals surface area (Å²) in [5, 5.41) is 0. The van der Waals surface area contributed by atoms with Gasteiger partial charge in [-0.3, -0.25) is 14.8 Å². The Balaban J connectivity index is 1.18. The van der Waals surface area contributed by atoms with E-state index in [9.17, 15) is 18.0 Å². The Kier molecular flexibility index (Phi) is 4.26. The summed E-state index contributed by atoms with van der Waals surface area (Å²) in [6, 6.07) is 2.65. The minimum absolute atomic E-state index is 0.114. The van der Waals surface area contributed by atoms with Crippen LogP contribution in [0.1, 0.15) is 40.9 Å². The van der Waals surface area contributed by atoms with Crippen molar-refractivity contribution in [3.63, 3.8) is 0 Å². The Morgan fingerprint density at radius 2 is 1.97 bits per heavy atom. The molecule has 1 saturated heterocycles. The zero-order valence-electron chi connectivity index (χ0n) is 15.9. The van der Waals surface area contributed by atoms with Gasteiger partial charge in [0.15, 0.2) is 0 Å². The number of anilines is 1. The third-order valence-electron chi connectivity index (χ3n) is 6.20. The molecule has 0 spiro atoms. The van der Waals surface area contributed by atoms with E-state index in [4.69, 9.17) is 0 Å². The molecule has 2 aromatic heterocycles. The first-order valence-electron chi connectivity index (χ1n) is 9.93. The number of pyridine rings is 2. The Labute approximate surface area is 166 Å². The van der Waals surface area contributed by atoms with Crippen molar-refractivity contribution in [3.8, 4) is 0 Å². The first-order valence-corrected chi connectivity index (χ1v) is 9.93. The van der Waals surface area contributed by atoms with Crippen LogP contribution in [0.3, 0.4) is 0 Å². The molecule has 1 aliphatic carbocycles. The molecule has 0 atom stereocenters. The van der Waals surface area contributed by atoms with Gasteiger partial charge in [-0.05, 0) is 48.1 Å². The van der Waals surface area contributed by atoms with Gasteiger partial charge in [0.25, 0.3) is 0 Å². The van der Waals surface area contributed by atoms with Gasteiger partial charge in [0.2, 0.25) is 5.91 Å². The van der Waals surface area contributed by atoms with Gasteiger partial charge in [-0.15, -0.1) is 0 Å². The van der Waals surface area contributed by atoms with E-state index < -0.39 is 11.9 Å². The molecule has 2 aromatic rings. The number of aromatic nitrogens is 2. The average Bonchev–Trinajstić information content (AvgIpc) is 3.29. The fraction of sp³-hybridized carbons (Fsp3) is 0.476. The molecule has 8 heteroatoms. The fourth-order valence-electron chi connectivity index (χ4n) is 4.64. The van der Waals surface area contributed by atoms with E-state index in [0.717, 1.165) is 30.9 Å². The number of rotatable bonds is 3. The second-order valence-electron chi connectivity index (χ2n) is 8.16. The third kappa shape index (κ3) is 3.34. The lowest BCUT2D eigenvalue weighted by Crippen LogP contribution is -2.48. The van der Waals surface area contributed by atoms with Crippen LogP contribution < -0.4 is 4.90 Å². The van der Waals surface area contributed by atoms with Crippen molar-refractivity contribution in [2.45, 2.75) is 44.9 Å². The molecule has 1 amide bonds. The number of carbonyl (C=O) groups is 1. The van der Waals surface area contributed by atoms with Gasteiger partial charge in [0.1, 0.15) is 5.69 Å². The van der Waals surface area contributed by atoms with Crippen molar-refractivity contribution < 1.29 is 18.0 Å². The highest BCUT2D eigenvalue weighted by atomic mass is 19.4. The number of alkyl halides is 3. The quantitative estimate of drug-likeness (QED) is 0.790. The smallest absolute Gasteiger partial charge is 0.371 e. The molecular weight excluding hydrogens is 381 g/mol. The van der Waals surface area contributed by atoms with Gasteiger partial charge in [-0.25, -0.2) is 0 Å². The van der Waals surface area contributed by atoms with E-state index in [1.165, 1.54) is 23.0 Å². The van der Waals surface area contributed by atoms with Crippen LogP contribution in [-0.4, -0.2) is 33.9 Å². The van der Waals surface area contributed by atoms with Crippen molar-refractivity contribution in [2.75, 3.05) is 18.0 Å². The summed E-state index contributed by atoms with van der Waals surface area (Å²) in [6.07, 6.45) is 2.30. The van der Waals surface area contributed by atoms with E-state index in [2.05, 4.69) is 9.97 Å². The highest BCUT2D eigenvalue weighted by Crippen LogP contribution is 2.35. The molecular formula is C21H21F3N4O. The largest absolute Gasteiger partial charge is 0.433 e. The number of amides is 1. The highest BCUT2D eigenvalue weighted by Gasteiger charge is 2.36. The summed E-state index contributed by atoms with van der Waals surface area (Å²) in [7, 11) is 0. The highest BCUT2D eigenvalue weighted by molar-refractivity contribution is 5.78. The Morgan fingerprint density at radius 3 is 2.76 bits per heavy atom. The normalized spacial score (nSPS) is 18.6. The first kappa shape index (κ1) is 18.4. The minimum atomic E-state index is -4.45. The maximum absolute atomic E-state index is 12.8. The fourth-order valence-corrected chi connectivity index (χ4v) is 4.64. The number of aryl methyl sites for hydroxylation is 1. The predicted octanol–water partition coefficient (Wildman–Crippen LogP) is 3.35. The summed E-state index contributed by atoms with van der Waals surface area (Å²) < 4.78 is 38.5. The molecule has 0 radical (unpaired) electrons. The molecule has 152 valence electrons. The van der Waals surface area contributed by atoms with E-state index >= 15 is 0 Å². The van der Waals surface area contributed by atoms with E-state index in [0.29, 0.717) is 38.3 Å². The lowest BCUT2D eigenvalue weighted by molar-refractivity contribution is -0.141. The molecule has 0 aromatic carbocycles. The molecule has 2 aliphatic heterocycles. The van der Waals surface area contributed by atoms with Crippen molar-refractivity contribution in [3.05, 3.63) is 52.6 Å². The van der Waals surface area contributed by atoms with Crippen LogP contribution in [0.15, 0.2) is 24.5 Å². The molecule has 0 bridgehead atoms. The third-order valence-corrected chi connectivity index (χ3v) is 6.20. The van der Waals surface area contributed by atoms with Gasteiger partial charge in [-0.2, -0.15) is 13.2 Å². The van der Waals surface area contributed by atoms with Crippen LogP contribution in [-0.2, 0) is 36.9 Å². The van der Waals surface area contributed by atoms with Crippen LogP contribution in [0, 0.1) is 5.92 Å². The molecule has 3 aliphatic rings. The molecule has 0 unspecified atom stereocenters. The van der Waals surface area contributed by atoms with Crippen LogP contribution in [0.4, 0.5) is 18.9 Å². The van der Waals surface area contributed by atoms with Crippen molar-refractivity contribution in [1.82, 2.24) is 14.9 Å². The lowest BCUT2D eigenvalue weighted by Gasteiger charge is -2.41. The number of hydrogen-bond donors (Lipinski definition) is 0. The zero-order valence-corrected chi connectivity index (χ0v) is 15.9. The van der Waals surface area contributed by atoms with Gasteiger partial charge < -0.3 is 9.80 Å². The average molecular weight is 402 g/mol. The van der Waals surface area contributed by atoms with E-state index in [1.54, 1.807) is 6.07 Å². The molecule has 1 fully saturated rings. The SMILES string of the molecule is O=C(CC1CN(c2ccnc(C(F)(F)F)c2)C1)N1Cc2cnc3c(c2C1)CCC3. The van der Waals surface area contributed by atoms with Crippen molar-refractivity contribution in [2.24, 2.45) is 5.92 Å². The molecule has 5 rings (SSSR count). The number of carbonyl (C=O) groups excluding carboxylic acids is 1.